The molecule has 0 rings (SSSR count). The third-order valence-electron chi connectivity index (χ3n) is 1.98. The lowest BCUT2D eigenvalue weighted by Gasteiger charge is -2.28. The zero-order valence-corrected chi connectivity index (χ0v) is 9.81. The molecular weight excluding hydrogens is 222 g/mol. The van der Waals surface area contributed by atoms with Crippen molar-refractivity contribution in [3.63, 3.8) is 0 Å². The van der Waals surface area contributed by atoms with Crippen LogP contribution in [0.5, 0.6) is 0 Å². The van der Waals surface area contributed by atoms with Crippen molar-refractivity contribution in [1.82, 2.24) is 4.90 Å². The fraction of sp³-hybridized carbons (Fsp3) is 1.00. The molecule has 0 saturated heterocycles. The Morgan fingerprint density at radius 3 is 2.07 bits per heavy atom. The first-order valence-corrected chi connectivity index (χ1v) is 6.32. The number of aliphatic hydroxyl groups is 2. The van der Waals surface area contributed by atoms with Crippen molar-refractivity contribution in [1.29, 1.82) is 0 Å². The zero-order chi connectivity index (χ0) is 12.1. The van der Waals surface area contributed by atoms with Gasteiger partial charge in [-0.15, -0.1) is 0 Å². The van der Waals surface area contributed by atoms with Gasteiger partial charge in [-0.25, -0.2) is 0 Å². The van der Waals surface area contributed by atoms with E-state index in [2.05, 4.69) is 0 Å². The maximum atomic E-state index is 10.6. The predicted molar refractivity (Wildman–Crippen MR) is 55.7 cm³/mol. The van der Waals surface area contributed by atoms with E-state index in [0.717, 1.165) is 4.90 Å². The molecule has 0 spiro atoms. The van der Waals surface area contributed by atoms with E-state index in [9.17, 15) is 8.42 Å². The Labute approximate surface area is 90.3 Å². The van der Waals surface area contributed by atoms with Gasteiger partial charge in [0.1, 0.15) is 5.88 Å². The second-order valence-electron chi connectivity index (χ2n) is 3.91. The smallest absolute Gasteiger partial charge is 0.278 e. The van der Waals surface area contributed by atoms with Gasteiger partial charge in [-0.3, -0.25) is 9.45 Å². The van der Waals surface area contributed by atoms with Gasteiger partial charge in [0.2, 0.25) is 0 Å². The summed E-state index contributed by atoms with van der Waals surface area (Å²) in [4.78, 5) is 1.12. The molecule has 0 fully saturated rings. The molecule has 0 bridgehead atoms. The summed E-state index contributed by atoms with van der Waals surface area (Å²) >= 11 is 0. The second-order valence-corrected chi connectivity index (χ2v) is 5.33. The Balaban J connectivity index is 4.47. The molecule has 1 atom stereocenters. The minimum Gasteiger partial charge on any atom is -0.395 e. The van der Waals surface area contributed by atoms with Gasteiger partial charge in [-0.05, 0) is 12.3 Å². The van der Waals surface area contributed by atoms with Gasteiger partial charge in [-0.1, -0.05) is 13.8 Å². The molecule has 0 aromatic rings. The Hall–Kier alpha value is -0.210. The molecule has 0 aliphatic heterocycles. The molecule has 0 saturated carbocycles. The first-order valence-electron chi connectivity index (χ1n) is 4.71. The van der Waals surface area contributed by atoms with E-state index in [1.54, 1.807) is 0 Å². The van der Waals surface area contributed by atoms with Gasteiger partial charge in [-0.2, -0.15) is 8.42 Å². The molecule has 0 aromatic heterocycles. The Morgan fingerprint density at radius 1 is 1.27 bits per heavy atom. The normalized spacial score (nSPS) is 14.9. The largest absolute Gasteiger partial charge is 0.395 e. The highest BCUT2D eigenvalue weighted by molar-refractivity contribution is 7.85. The molecule has 6 nitrogen and oxygen atoms in total. The van der Waals surface area contributed by atoms with Crippen LogP contribution in [-0.4, -0.2) is 53.3 Å². The van der Waals surface area contributed by atoms with E-state index >= 15 is 0 Å². The monoisotopic (exact) mass is 241 g/mol. The maximum Gasteiger partial charge on any atom is 0.278 e. The number of nitrogens with zero attached hydrogens (tertiary/aromatic N) is 1. The molecule has 0 radical (unpaired) electrons. The Kier molecular flexibility index (Phi) is 6.30. The van der Waals surface area contributed by atoms with Crippen LogP contribution in [0.25, 0.3) is 0 Å². The van der Waals surface area contributed by atoms with Crippen LogP contribution >= 0.6 is 0 Å². The number of hydrogen-bond acceptors (Lipinski definition) is 5. The van der Waals surface area contributed by atoms with Crippen molar-refractivity contribution >= 4 is 10.1 Å². The van der Waals surface area contributed by atoms with Crippen LogP contribution in [0.3, 0.4) is 0 Å². The highest BCUT2D eigenvalue weighted by Crippen LogP contribution is 2.11. The number of rotatable bonds is 7. The van der Waals surface area contributed by atoms with Gasteiger partial charge in [0, 0.05) is 6.04 Å². The van der Waals surface area contributed by atoms with Crippen LogP contribution in [0.15, 0.2) is 0 Å². The van der Waals surface area contributed by atoms with E-state index in [-0.39, 0.29) is 12.5 Å². The fourth-order valence-corrected chi connectivity index (χ4v) is 2.07. The van der Waals surface area contributed by atoms with Gasteiger partial charge in [0.05, 0.1) is 13.3 Å². The Bertz CT molecular complexity index is 264. The van der Waals surface area contributed by atoms with Crippen molar-refractivity contribution in [3.8, 4) is 0 Å². The Morgan fingerprint density at radius 2 is 1.80 bits per heavy atom. The van der Waals surface area contributed by atoms with Crippen LogP contribution < -0.4 is 0 Å². The molecule has 92 valence electrons. The van der Waals surface area contributed by atoms with E-state index in [1.807, 2.05) is 13.8 Å². The quantitative estimate of drug-likeness (QED) is 0.410. The van der Waals surface area contributed by atoms with Crippen molar-refractivity contribution in [3.05, 3.63) is 0 Å². The van der Waals surface area contributed by atoms with Gasteiger partial charge in [0.15, 0.2) is 0 Å². The first kappa shape index (κ1) is 14.8. The van der Waals surface area contributed by atoms with Gasteiger partial charge in [0.25, 0.3) is 10.1 Å². The fourth-order valence-electron chi connectivity index (χ4n) is 1.35. The van der Waals surface area contributed by atoms with Crippen molar-refractivity contribution < 1.29 is 23.2 Å². The lowest BCUT2D eigenvalue weighted by Crippen LogP contribution is -2.42. The first-order chi connectivity index (χ1) is 6.80. The van der Waals surface area contributed by atoms with E-state index in [4.69, 9.17) is 14.8 Å². The van der Waals surface area contributed by atoms with E-state index in [1.165, 1.54) is 0 Å². The lowest BCUT2D eigenvalue weighted by atomic mass is 10.0. The van der Waals surface area contributed by atoms with Crippen LogP contribution in [-0.2, 0) is 10.1 Å². The highest BCUT2D eigenvalue weighted by Gasteiger charge is 2.22. The summed E-state index contributed by atoms with van der Waals surface area (Å²) in [5.74, 6) is -0.404. The molecule has 1 unspecified atom stereocenters. The predicted octanol–water partition coefficient (Wildman–Crippen LogP) is -0.509. The molecule has 0 aliphatic carbocycles. The molecule has 0 aliphatic rings. The molecule has 15 heavy (non-hydrogen) atoms. The minimum absolute atomic E-state index is 0.256. The minimum atomic E-state index is -4.17. The van der Waals surface area contributed by atoms with Gasteiger partial charge >= 0.3 is 0 Å². The topological polar surface area (TPSA) is 98.1 Å². The standard InChI is InChI=1S/C8H19NO5S/c1-7(2)3-8(4-10)9(5-11)6-15(12,13)14/h7-8,10-11H,3-6H2,1-2H3,(H,12,13,14). The highest BCUT2D eigenvalue weighted by atomic mass is 32.2. The van der Waals surface area contributed by atoms with Crippen molar-refractivity contribution in [2.24, 2.45) is 5.92 Å². The number of aliphatic hydroxyl groups excluding tert-OH is 2. The number of hydrogen-bond donors (Lipinski definition) is 3. The molecule has 3 N–H and O–H groups in total. The van der Waals surface area contributed by atoms with E-state index < -0.39 is 28.8 Å². The molecule has 0 heterocycles. The second kappa shape index (κ2) is 6.39. The van der Waals surface area contributed by atoms with Crippen molar-refractivity contribution in [2.45, 2.75) is 26.3 Å². The summed E-state index contributed by atoms with van der Waals surface area (Å²) in [6, 6.07) is -0.461. The van der Waals surface area contributed by atoms with Crippen LogP contribution in [0.4, 0.5) is 0 Å². The van der Waals surface area contributed by atoms with Crippen LogP contribution in [0.2, 0.25) is 0 Å². The van der Waals surface area contributed by atoms with Gasteiger partial charge < -0.3 is 10.2 Å². The van der Waals surface area contributed by atoms with E-state index in [0.29, 0.717) is 6.42 Å². The molecular formula is C8H19NO5S. The van der Waals surface area contributed by atoms with Crippen molar-refractivity contribution in [2.75, 3.05) is 19.2 Å². The average molecular weight is 241 g/mol. The van der Waals surface area contributed by atoms with Crippen LogP contribution in [0.1, 0.15) is 20.3 Å². The summed E-state index contributed by atoms with van der Waals surface area (Å²) in [7, 11) is -4.17. The SMILES string of the molecule is CC(C)CC(CO)N(CO)CS(=O)(=O)O. The molecule has 7 heteroatoms. The molecule has 0 amide bonds. The summed E-state index contributed by atoms with van der Waals surface area (Å²) in [5.41, 5.74) is 0. The summed E-state index contributed by atoms with van der Waals surface area (Å²) in [6.07, 6.45) is 0.548. The lowest BCUT2D eigenvalue weighted by molar-refractivity contribution is 0.0443. The summed E-state index contributed by atoms with van der Waals surface area (Å²) in [5, 5.41) is 18.0. The third-order valence-corrected chi connectivity index (χ3v) is 2.64. The molecule has 0 aromatic carbocycles. The maximum absolute atomic E-state index is 10.6. The summed E-state index contributed by atoms with van der Waals surface area (Å²) in [6.45, 7) is 3.07. The average Bonchev–Trinajstić information content (AvgIpc) is 2.08. The summed E-state index contributed by atoms with van der Waals surface area (Å²) < 4.78 is 29.9. The zero-order valence-electron chi connectivity index (χ0n) is 9.00. The van der Waals surface area contributed by atoms with Crippen LogP contribution in [0, 0.1) is 5.92 Å². The third kappa shape index (κ3) is 6.80.